The first-order valence-electron chi connectivity index (χ1n) is 9.76. The van der Waals surface area contributed by atoms with E-state index in [1.54, 1.807) is 54.9 Å². The van der Waals surface area contributed by atoms with Gasteiger partial charge in [-0.15, -0.1) is 0 Å². The quantitative estimate of drug-likeness (QED) is 0.449. The lowest BCUT2D eigenvalue weighted by molar-refractivity contribution is 0.475. The fourth-order valence-electron chi connectivity index (χ4n) is 3.62. The summed E-state index contributed by atoms with van der Waals surface area (Å²) in [7, 11) is 0. The minimum atomic E-state index is -0.310. The Labute approximate surface area is 176 Å². The number of benzene rings is 2. The summed E-state index contributed by atoms with van der Waals surface area (Å²) in [5.74, 6) is 0.963. The van der Waals surface area contributed by atoms with Crippen molar-refractivity contribution in [2.75, 3.05) is 0 Å². The van der Waals surface area contributed by atoms with Gasteiger partial charge in [-0.05, 0) is 42.0 Å². The van der Waals surface area contributed by atoms with E-state index < -0.39 is 0 Å². The topological polar surface area (TPSA) is 84.1 Å². The molecule has 0 bridgehead atoms. The molecule has 0 amide bonds. The Kier molecular flexibility index (Phi) is 4.63. The van der Waals surface area contributed by atoms with Gasteiger partial charge in [0, 0.05) is 18.2 Å². The molecule has 0 fully saturated rings. The summed E-state index contributed by atoms with van der Waals surface area (Å²) in [4.78, 5) is 21.0. The molecule has 0 radical (unpaired) electrons. The summed E-state index contributed by atoms with van der Waals surface area (Å²) in [6.45, 7) is 0. The summed E-state index contributed by atoms with van der Waals surface area (Å²) in [5, 5.41) is 9.88. The van der Waals surface area contributed by atoms with Crippen LogP contribution in [0.25, 0.3) is 17.1 Å². The van der Waals surface area contributed by atoms with Crippen LogP contribution in [-0.2, 0) is 12.8 Å². The van der Waals surface area contributed by atoms with Crippen molar-refractivity contribution in [2.45, 2.75) is 12.8 Å². The molecule has 2 N–H and O–H groups in total. The normalized spacial score (nSPS) is 11.3. The zero-order valence-electron chi connectivity index (χ0n) is 16.4. The number of halogens is 1. The molecule has 154 valence electrons. The molecule has 5 rings (SSSR count). The predicted molar refractivity (Wildman–Crippen MR) is 113 cm³/mol. The first-order chi connectivity index (χ1) is 15.1. The molecule has 7 heteroatoms. The van der Waals surface area contributed by atoms with E-state index in [1.807, 2.05) is 6.07 Å². The van der Waals surface area contributed by atoms with E-state index >= 15 is 0 Å². The number of phenolic OH excluding ortho intramolecular Hbond substituents is 1. The number of nitrogens with zero attached hydrogens (tertiary/aromatic N) is 2. The summed E-state index contributed by atoms with van der Waals surface area (Å²) in [6.07, 6.45) is 3.95. The highest BCUT2D eigenvalue weighted by molar-refractivity contribution is 5.62. The Morgan fingerprint density at radius 3 is 2.65 bits per heavy atom. The van der Waals surface area contributed by atoms with Gasteiger partial charge in [0.2, 0.25) is 0 Å². The van der Waals surface area contributed by atoms with E-state index in [1.165, 1.54) is 16.7 Å². The molecule has 0 aliphatic carbocycles. The highest BCUT2D eigenvalue weighted by Gasteiger charge is 2.21. The van der Waals surface area contributed by atoms with Crippen LogP contribution in [0.4, 0.5) is 4.39 Å². The third kappa shape index (κ3) is 3.73. The number of aromatic hydroxyl groups is 1. The summed E-state index contributed by atoms with van der Waals surface area (Å²) in [6, 6.07) is 16.5. The first kappa shape index (κ1) is 18.9. The third-order valence-electron chi connectivity index (χ3n) is 5.12. The van der Waals surface area contributed by atoms with Gasteiger partial charge in [-0.2, -0.15) is 0 Å². The molecule has 2 aliphatic heterocycles. The number of fused-ring (bicyclic) bond motifs is 1. The fourth-order valence-corrected chi connectivity index (χ4v) is 3.62. The molecule has 31 heavy (non-hydrogen) atoms. The van der Waals surface area contributed by atoms with E-state index in [0.29, 0.717) is 35.1 Å². The van der Waals surface area contributed by atoms with Gasteiger partial charge in [-0.3, -0.25) is 9.36 Å². The molecule has 1 aromatic heterocycles. The molecule has 0 saturated carbocycles. The second-order valence-electron chi connectivity index (χ2n) is 7.31. The Balaban J connectivity index is 1.66. The van der Waals surface area contributed by atoms with E-state index in [2.05, 4.69) is 9.97 Å². The lowest BCUT2D eigenvalue weighted by Gasteiger charge is -2.13. The van der Waals surface area contributed by atoms with Crippen molar-refractivity contribution in [3.63, 3.8) is 0 Å². The third-order valence-corrected chi connectivity index (χ3v) is 5.12. The number of phenols is 1. The van der Waals surface area contributed by atoms with Crippen LogP contribution in [0.15, 0.2) is 82.3 Å². The Hall–Kier alpha value is -4.13. The number of rotatable bonds is 5. The molecule has 6 nitrogen and oxygen atoms in total. The van der Waals surface area contributed by atoms with Gasteiger partial charge in [0.25, 0.3) is 5.56 Å². The molecular formula is C24H18FN3O3. The maximum absolute atomic E-state index is 13.3. The standard InChI is InChI=1S/C24H18FN3O3/c25-17-8-6-15(7-9-17)11-20-23-27-21(13-19-5-2-10-31-19)24(30)28(23)14-22(26-20)16-3-1-4-18(29)12-16/h1-10,12,14,26,29H,11,13H2. The number of hydrogen-bond acceptors (Lipinski definition) is 4. The number of furan rings is 1. The smallest absolute Gasteiger partial charge is 0.278 e. The van der Waals surface area contributed by atoms with Gasteiger partial charge in [0.05, 0.1) is 24.1 Å². The average Bonchev–Trinajstić information content (AvgIpc) is 3.39. The van der Waals surface area contributed by atoms with E-state index in [4.69, 9.17) is 4.42 Å². The number of aromatic amines is 1. The van der Waals surface area contributed by atoms with Gasteiger partial charge >= 0.3 is 0 Å². The maximum atomic E-state index is 13.3. The molecule has 3 aromatic rings. The number of imidazole rings is 1. The van der Waals surface area contributed by atoms with E-state index in [0.717, 1.165) is 11.1 Å². The number of aromatic nitrogens is 3. The van der Waals surface area contributed by atoms with E-state index in [-0.39, 0.29) is 23.5 Å². The minimum Gasteiger partial charge on any atom is -0.508 e. The first-order valence-corrected chi connectivity index (χ1v) is 9.76. The molecule has 0 unspecified atom stereocenters. The van der Waals surface area contributed by atoms with Gasteiger partial charge < -0.3 is 14.5 Å². The predicted octanol–water partition coefficient (Wildman–Crippen LogP) is 4.28. The van der Waals surface area contributed by atoms with Crippen molar-refractivity contribution >= 4 is 0 Å². The maximum Gasteiger partial charge on any atom is 0.278 e. The van der Waals surface area contributed by atoms with Crippen molar-refractivity contribution in [2.24, 2.45) is 0 Å². The van der Waals surface area contributed by atoms with Gasteiger partial charge in [-0.1, -0.05) is 24.3 Å². The molecule has 0 saturated heterocycles. The van der Waals surface area contributed by atoms with Gasteiger partial charge in [0.1, 0.15) is 23.0 Å². The molecule has 2 aliphatic rings. The summed E-state index contributed by atoms with van der Waals surface area (Å²) >= 11 is 0. The lowest BCUT2D eigenvalue weighted by atomic mass is 10.1. The van der Waals surface area contributed by atoms with Gasteiger partial charge in [-0.25, -0.2) is 9.37 Å². The van der Waals surface area contributed by atoms with Crippen molar-refractivity contribution < 1.29 is 13.9 Å². The Morgan fingerprint density at radius 2 is 1.90 bits per heavy atom. The van der Waals surface area contributed by atoms with Crippen LogP contribution in [0.1, 0.15) is 22.7 Å². The molecule has 0 atom stereocenters. The van der Waals surface area contributed by atoms with Crippen LogP contribution in [0, 0.1) is 5.82 Å². The summed E-state index contributed by atoms with van der Waals surface area (Å²) in [5.41, 5.74) is 3.09. The fraction of sp³-hybridized carbons (Fsp3) is 0.0833. The van der Waals surface area contributed by atoms with Crippen LogP contribution in [0.2, 0.25) is 0 Å². The lowest BCUT2D eigenvalue weighted by Crippen LogP contribution is -2.17. The van der Waals surface area contributed by atoms with Crippen LogP contribution in [0.5, 0.6) is 5.75 Å². The molecule has 0 spiro atoms. The Morgan fingerprint density at radius 1 is 1.06 bits per heavy atom. The van der Waals surface area contributed by atoms with Crippen LogP contribution in [0.3, 0.4) is 0 Å². The highest BCUT2D eigenvalue weighted by atomic mass is 19.1. The zero-order valence-corrected chi connectivity index (χ0v) is 16.4. The molecule has 2 aromatic carbocycles. The molecule has 3 heterocycles. The van der Waals surface area contributed by atoms with Crippen molar-refractivity contribution in [3.8, 4) is 22.8 Å². The number of H-pyrrole nitrogens is 1. The number of hydrogen-bond donors (Lipinski definition) is 2. The SMILES string of the molecule is O=c1c(Cc2ccco2)nc2c(Cc3ccc(F)cc3)[nH]c(-c3cccc(O)c3)cn1-2. The Bertz CT molecular complexity index is 1370. The second kappa shape index (κ2) is 7.60. The van der Waals surface area contributed by atoms with Crippen molar-refractivity contribution in [1.82, 2.24) is 14.5 Å². The largest absolute Gasteiger partial charge is 0.508 e. The van der Waals surface area contributed by atoms with Crippen LogP contribution in [-0.4, -0.2) is 19.6 Å². The van der Waals surface area contributed by atoms with Crippen molar-refractivity contribution in [1.29, 1.82) is 0 Å². The average molecular weight is 415 g/mol. The minimum absolute atomic E-state index is 0.123. The molecular weight excluding hydrogens is 397 g/mol. The van der Waals surface area contributed by atoms with E-state index in [9.17, 15) is 14.3 Å². The van der Waals surface area contributed by atoms with Gasteiger partial charge in [0.15, 0.2) is 5.82 Å². The summed E-state index contributed by atoms with van der Waals surface area (Å²) < 4.78 is 20.2. The van der Waals surface area contributed by atoms with Crippen LogP contribution >= 0.6 is 0 Å². The van der Waals surface area contributed by atoms with Crippen LogP contribution < -0.4 is 5.56 Å². The number of nitrogens with one attached hydrogen (secondary N) is 1. The highest BCUT2D eigenvalue weighted by Crippen LogP contribution is 2.26. The zero-order chi connectivity index (χ0) is 21.4. The monoisotopic (exact) mass is 415 g/mol. The van der Waals surface area contributed by atoms with Crippen molar-refractivity contribution in [3.05, 3.63) is 112 Å². The second-order valence-corrected chi connectivity index (χ2v) is 7.31.